The van der Waals surface area contributed by atoms with E-state index in [0.29, 0.717) is 76.6 Å². The first-order chi connectivity index (χ1) is 23.2. The SMILES string of the molecule is CCOc1cc(C2C(=C(O)c3ccc4c(c3)OCCO4)C(=O)C(=O)N2c2nnc(SCc3ccccc3F)s2)ccc1OCCC(C)C. The van der Waals surface area contributed by atoms with Gasteiger partial charge in [-0.15, -0.1) is 10.2 Å². The molecule has 1 fully saturated rings. The second-order valence-corrected chi connectivity index (χ2v) is 13.6. The summed E-state index contributed by atoms with van der Waals surface area (Å²) in [6, 6.07) is 15.4. The fourth-order valence-electron chi connectivity index (χ4n) is 5.29. The number of amides is 1. The fourth-order valence-corrected chi connectivity index (χ4v) is 7.15. The van der Waals surface area contributed by atoms with Crippen LogP contribution in [0.1, 0.15) is 49.9 Å². The zero-order valence-electron chi connectivity index (χ0n) is 26.6. The van der Waals surface area contributed by atoms with Crippen LogP contribution in [0.3, 0.4) is 0 Å². The lowest BCUT2D eigenvalue weighted by Crippen LogP contribution is -2.29. The second-order valence-electron chi connectivity index (χ2n) is 11.4. The molecule has 3 heterocycles. The maximum absolute atomic E-state index is 14.2. The number of ketones is 1. The van der Waals surface area contributed by atoms with Crippen molar-refractivity contribution in [1.82, 2.24) is 10.2 Å². The molecule has 1 aromatic heterocycles. The van der Waals surface area contributed by atoms with Crippen molar-refractivity contribution in [3.8, 4) is 23.0 Å². The second kappa shape index (κ2) is 14.7. The van der Waals surface area contributed by atoms with Crippen molar-refractivity contribution in [1.29, 1.82) is 0 Å². The molecule has 2 aliphatic heterocycles. The van der Waals surface area contributed by atoms with Gasteiger partial charge in [0, 0.05) is 11.3 Å². The Balaban J connectivity index is 1.41. The van der Waals surface area contributed by atoms with E-state index in [4.69, 9.17) is 18.9 Å². The van der Waals surface area contributed by atoms with Crippen molar-refractivity contribution in [2.24, 2.45) is 5.92 Å². The van der Waals surface area contributed by atoms with Crippen molar-refractivity contribution in [2.75, 3.05) is 31.3 Å². The number of aliphatic hydroxyl groups excluding tert-OH is 1. The van der Waals surface area contributed by atoms with E-state index in [9.17, 15) is 19.1 Å². The van der Waals surface area contributed by atoms with Gasteiger partial charge in [0.1, 0.15) is 24.8 Å². The largest absolute Gasteiger partial charge is 0.507 e. The Morgan fingerprint density at radius 2 is 1.83 bits per heavy atom. The lowest BCUT2D eigenvalue weighted by atomic mass is 9.95. The van der Waals surface area contributed by atoms with Crippen LogP contribution in [-0.4, -0.2) is 53.4 Å². The first-order valence-corrected chi connectivity index (χ1v) is 17.4. The first-order valence-electron chi connectivity index (χ1n) is 15.6. The molecule has 250 valence electrons. The third-order valence-corrected chi connectivity index (χ3v) is 9.81. The Morgan fingerprint density at radius 3 is 2.60 bits per heavy atom. The van der Waals surface area contributed by atoms with Crippen LogP contribution in [0.2, 0.25) is 0 Å². The molecule has 0 saturated carbocycles. The predicted molar refractivity (Wildman–Crippen MR) is 181 cm³/mol. The van der Waals surface area contributed by atoms with Crippen molar-refractivity contribution in [3.05, 3.63) is 88.7 Å². The molecule has 1 saturated heterocycles. The molecule has 0 radical (unpaired) electrons. The van der Waals surface area contributed by atoms with Gasteiger partial charge in [-0.3, -0.25) is 14.5 Å². The summed E-state index contributed by atoms with van der Waals surface area (Å²) < 4.78 is 38.0. The number of nitrogens with zero attached hydrogens (tertiary/aromatic N) is 3. The summed E-state index contributed by atoms with van der Waals surface area (Å²) in [6.45, 7) is 7.63. The highest BCUT2D eigenvalue weighted by atomic mass is 32.2. The molecule has 6 rings (SSSR count). The number of ether oxygens (including phenoxy) is 4. The Bertz CT molecular complexity index is 1860. The molecule has 1 atom stereocenters. The van der Waals surface area contributed by atoms with E-state index in [1.54, 1.807) is 54.6 Å². The van der Waals surface area contributed by atoms with Gasteiger partial charge in [-0.1, -0.05) is 61.2 Å². The van der Waals surface area contributed by atoms with Crippen molar-refractivity contribution < 1.29 is 38.0 Å². The number of halogens is 1. The molecule has 3 aromatic carbocycles. The molecule has 4 aromatic rings. The number of carbonyl (C=O) groups excluding carboxylic acids is 2. The van der Waals surface area contributed by atoms with Crippen LogP contribution in [0.4, 0.5) is 9.52 Å². The Labute approximate surface area is 285 Å². The molecule has 0 bridgehead atoms. The summed E-state index contributed by atoms with van der Waals surface area (Å²) in [7, 11) is 0. The highest BCUT2D eigenvalue weighted by Crippen LogP contribution is 2.46. The number of aliphatic hydroxyl groups is 1. The summed E-state index contributed by atoms with van der Waals surface area (Å²) in [4.78, 5) is 28.8. The molecule has 48 heavy (non-hydrogen) atoms. The average Bonchev–Trinajstić information content (AvgIpc) is 3.66. The first kappa shape index (κ1) is 33.3. The van der Waals surface area contributed by atoms with Crippen molar-refractivity contribution in [3.63, 3.8) is 0 Å². The minimum Gasteiger partial charge on any atom is -0.507 e. The van der Waals surface area contributed by atoms with Crippen LogP contribution < -0.4 is 23.8 Å². The van der Waals surface area contributed by atoms with E-state index in [1.807, 2.05) is 6.92 Å². The van der Waals surface area contributed by atoms with Crippen LogP contribution in [-0.2, 0) is 15.3 Å². The maximum Gasteiger partial charge on any atom is 0.301 e. The van der Waals surface area contributed by atoms with Gasteiger partial charge in [0.05, 0.1) is 24.8 Å². The van der Waals surface area contributed by atoms with Crippen molar-refractivity contribution in [2.45, 2.75) is 43.3 Å². The monoisotopic (exact) mass is 691 g/mol. The number of thioether (sulfide) groups is 1. The number of carbonyl (C=O) groups is 2. The molecule has 13 heteroatoms. The normalized spacial score (nSPS) is 16.9. The quantitative estimate of drug-likeness (QED) is 0.0537. The molecular weight excluding hydrogens is 658 g/mol. The smallest absolute Gasteiger partial charge is 0.301 e. The molecular formula is C35H34FN3O7S2. The van der Waals surface area contributed by atoms with Gasteiger partial charge in [0.25, 0.3) is 5.78 Å². The number of rotatable bonds is 12. The highest BCUT2D eigenvalue weighted by molar-refractivity contribution is 8.00. The zero-order valence-corrected chi connectivity index (χ0v) is 28.2. The fraction of sp³-hybridized carbons (Fsp3) is 0.314. The van der Waals surface area contributed by atoms with Crippen molar-refractivity contribution >= 4 is 45.7 Å². The summed E-state index contributed by atoms with van der Waals surface area (Å²) >= 11 is 2.36. The molecule has 1 amide bonds. The standard InChI is InChI=1S/C35H34FN3O7S2/c1-4-43-27-17-21(9-11-25(27)44-14-13-20(2)3)30-29(31(40)22-10-12-26-28(18-22)46-16-15-45-26)32(41)33(42)39(30)34-37-38-35(48-34)47-19-23-7-5-6-8-24(23)36/h5-12,17-18,20,30,40H,4,13-16,19H2,1-3H3. The minimum atomic E-state index is -1.08. The topological polar surface area (TPSA) is 120 Å². The van der Waals surface area contributed by atoms with E-state index in [1.165, 1.54) is 22.7 Å². The maximum atomic E-state index is 14.2. The van der Waals surface area contributed by atoms with E-state index in [0.717, 1.165) is 17.8 Å². The molecule has 10 nitrogen and oxygen atoms in total. The van der Waals surface area contributed by atoms with E-state index >= 15 is 0 Å². The van der Waals surface area contributed by atoms with Gasteiger partial charge in [-0.2, -0.15) is 0 Å². The molecule has 0 spiro atoms. The number of benzene rings is 3. The number of anilines is 1. The van der Waals surface area contributed by atoms with E-state index < -0.39 is 17.7 Å². The zero-order chi connectivity index (χ0) is 33.8. The summed E-state index contributed by atoms with van der Waals surface area (Å²) in [5.74, 6) is 0.139. The summed E-state index contributed by atoms with van der Waals surface area (Å²) in [6.07, 6.45) is 0.845. The van der Waals surface area contributed by atoms with Crippen LogP contribution in [0.15, 0.2) is 70.6 Å². The Hall–Kier alpha value is -4.62. The summed E-state index contributed by atoms with van der Waals surface area (Å²) in [5.41, 5.74) is 1.13. The van der Waals surface area contributed by atoms with Gasteiger partial charge >= 0.3 is 5.91 Å². The van der Waals surface area contributed by atoms with Gasteiger partial charge < -0.3 is 24.1 Å². The predicted octanol–water partition coefficient (Wildman–Crippen LogP) is 7.19. The third kappa shape index (κ3) is 6.97. The number of hydrogen-bond donors (Lipinski definition) is 1. The minimum absolute atomic E-state index is 0.136. The number of Topliss-reactive ketones (excluding diaryl/α,β-unsaturated/α-hetero) is 1. The van der Waals surface area contributed by atoms with Crippen LogP contribution in [0.25, 0.3) is 5.76 Å². The lowest BCUT2D eigenvalue weighted by Gasteiger charge is -2.24. The van der Waals surface area contributed by atoms with Crippen LogP contribution in [0.5, 0.6) is 23.0 Å². The number of hydrogen-bond acceptors (Lipinski definition) is 11. The van der Waals surface area contributed by atoms with Gasteiger partial charge in [0.2, 0.25) is 5.13 Å². The number of fused-ring (bicyclic) bond motifs is 1. The van der Waals surface area contributed by atoms with E-state index in [-0.39, 0.29) is 27.8 Å². The van der Waals surface area contributed by atoms with Gasteiger partial charge in [0.15, 0.2) is 27.3 Å². The highest BCUT2D eigenvalue weighted by Gasteiger charge is 2.48. The van der Waals surface area contributed by atoms with E-state index in [2.05, 4.69) is 24.0 Å². The van der Waals surface area contributed by atoms with Gasteiger partial charge in [-0.25, -0.2) is 4.39 Å². The lowest BCUT2D eigenvalue weighted by molar-refractivity contribution is -0.132. The Kier molecular flexibility index (Phi) is 10.2. The summed E-state index contributed by atoms with van der Waals surface area (Å²) in [5, 5.41) is 20.3. The van der Waals surface area contributed by atoms with Crippen LogP contribution in [0, 0.1) is 11.7 Å². The molecule has 2 aliphatic rings. The third-order valence-electron chi connectivity index (χ3n) is 7.71. The average molecular weight is 692 g/mol. The molecule has 1 unspecified atom stereocenters. The molecule has 1 N–H and O–H groups in total. The van der Waals surface area contributed by atoms with Gasteiger partial charge in [-0.05, 0) is 66.8 Å². The molecule has 0 aliphatic carbocycles. The van der Waals surface area contributed by atoms with Crippen LogP contribution >= 0.6 is 23.1 Å². The Morgan fingerprint density at radius 1 is 1.04 bits per heavy atom. The number of aromatic nitrogens is 2.